The zero-order chi connectivity index (χ0) is 18.2. The number of hydrogen-bond acceptors (Lipinski definition) is 5. The summed E-state index contributed by atoms with van der Waals surface area (Å²) in [5.41, 5.74) is 7.16. The van der Waals surface area contributed by atoms with Gasteiger partial charge in [0.15, 0.2) is 0 Å². The third-order valence-electron chi connectivity index (χ3n) is 4.75. The van der Waals surface area contributed by atoms with E-state index in [0.29, 0.717) is 24.3 Å². The molecule has 0 spiro atoms. The first-order chi connectivity index (χ1) is 11.8. The average molecular weight is 343 g/mol. The molecule has 0 bridgehead atoms. The molecule has 1 aromatic carbocycles. The predicted molar refractivity (Wildman–Crippen MR) is 92.5 cm³/mol. The molecule has 132 valence electrons. The third kappa shape index (κ3) is 3.39. The van der Waals surface area contributed by atoms with Crippen LogP contribution < -0.4 is 5.73 Å². The lowest BCUT2D eigenvalue weighted by Crippen LogP contribution is -2.53. The second-order valence-electron chi connectivity index (χ2n) is 7.06. The molecule has 2 N–H and O–H groups in total. The molecule has 8 heteroatoms. The van der Waals surface area contributed by atoms with Crippen molar-refractivity contribution in [2.45, 2.75) is 26.3 Å². The van der Waals surface area contributed by atoms with Gasteiger partial charge < -0.3 is 10.6 Å². The van der Waals surface area contributed by atoms with Crippen LogP contribution in [-0.2, 0) is 0 Å². The van der Waals surface area contributed by atoms with Crippen LogP contribution in [0.4, 0.5) is 5.69 Å². The maximum absolute atomic E-state index is 12.7. The highest BCUT2D eigenvalue weighted by Gasteiger charge is 2.35. The largest absolute Gasteiger partial charge is 0.338 e. The van der Waals surface area contributed by atoms with Gasteiger partial charge in [-0.3, -0.25) is 14.9 Å². The number of non-ortho nitro benzene ring substituents is 1. The highest BCUT2D eigenvalue weighted by Crippen LogP contribution is 2.28. The van der Waals surface area contributed by atoms with Crippen LogP contribution in [0.3, 0.4) is 0 Å². The zero-order valence-corrected chi connectivity index (χ0v) is 14.3. The number of amides is 1. The molecule has 1 atom stereocenters. The summed E-state index contributed by atoms with van der Waals surface area (Å²) >= 11 is 0. The van der Waals surface area contributed by atoms with Crippen LogP contribution in [0.1, 0.15) is 30.6 Å². The van der Waals surface area contributed by atoms with E-state index in [1.54, 1.807) is 23.2 Å². The average Bonchev–Trinajstić information content (AvgIpc) is 3.06. The molecule has 0 aliphatic carbocycles. The fourth-order valence-electron chi connectivity index (χ4n) is 3.03. The van der Waals surface area contributed by atoms with Gasteiger partial charge in [-0.1, -0.05) is 13.8 Å². The van der Waals surface area contributed by atoms with E-state index in [1.807, 2.05) is 0 Å². The van der Waals surface area contributed by atoms with E-state index < -0.39 is 4.92 Å². The van der Waals surface area contributed by atoms with Gasteiger partial charge in [0.1, 0.15) is 0 Å². The first-order valence-corrected chi connectivity index (χ1v) is 8.12. The number of nitro benzene ring substituents is 1. The quantitative estimate of drug-likeness (QED) is 0.677. The maximum atomic E-state index is 12.7. The minimum Gasteiger partial charge on any atom is -0.338 e. The van der Waals surface area contributed by atoms with Crippen LogP contribution in [0.15, 0.2) is 36.7 Å². The van der Waals surface area contributed by atoms with Gasteiger partial charge in [0.25, 0.3) is 11.6 Å². The number of nitro groups is 1. The van der Waals surface area contributed by atoms with Gasteiger partial charge in [0.2, 0.25) is 0 Å². The smallest absolute Gasteiger partial charge is 0.269 e. The predicted octanol–water partition coefficient (Wildman–Crippen LogP) is 1.98. The van der Waals surface area contributed by atoms with Crippen molar-refractivity contribution in [1.29, 1.82) is 0 Å². The van der Waals surface area contributed by atoms with Gasteiger partial charge in [-0.25, -0.2) is 4.68 Å². The second-order valence-corrected chi connectivity index (χ2v) is 7.06. The van der Waals surface area contributed by atoms with Crippen LogP contribution in [0.2, 0.25) is 0 Å². The Morgan fingerprint density at radius 2 is 2.04 bits per heavy atom. The number of aromatic nitrogens is 2. The molecule has 0 saturated carbocycles. The minimum absolute atomic E-state index is 0.0130. The van der Waals surface area contributed by atoms with Crippen molar-refractivity contribution >= 4 is 11.6 Å². The Kier molecular flexibility index (Phi) is 4.30. The van der Waals surface area contributed by atoms with Crippen LogP contribution in [0, 0.1) is 15.5 Å². The van der Waals surface area contributed by atoms with Crippen LogP contribution in [-0.4, -0.2) is 44.6 Å². The molecule has 1 aliphatic rings. The SMILES string of the molecule is CC1(C)CN(C(=O)c2cnn(-c3ccc([N+](=O)[O-])cc3)c2)CCC1N. The summed E-state index contributed by atoms with van der Waals surface area (Å²) in [6.07, 6.45) is 3.94. The standard InChI is InChI=1S/C17H21N5O3/c1-17(2)11-20(8-7-15(17)18)16(23)12-9-19-21(10-12)13-3-5-14(6-4-13)22(24)25/h3-6,9-10,15H,7-8,11,18H2,1-2H3. The Labute approximate surface area is 145 Å². The van der Waals surface area contributed by atoms with Gasteiger partial charge in [0.05, 0.1) is 22.4 Å². The lowest BCUT2D eigenvalue weighted by molar-refractivity contribution is -0.384. The number of nitrogens with two attached hydrogens (primary N) is 1. The monoisotopic (exact) mass is 343 g/mol. The molecule has 0 radical (unpaired) electrons. The molecule has 1 saturated heterocycles. The fraction of sp³-hybridized carbons (Fsp3) is 0.412. The van der Waals surface area contributed by atoms with E-state index in [0.717, 1.165) is 6.42 Å². The summed E-state index contributed by atoms with van der Waals surface area (Å²) in [7, 11) is 0. The number of nitrogens with zero attached hydrogens (tertiary/aromatic N) is 4. The van der Waals surface area contributed by atoms with Gasteiger partial charge in [0, 0.05) is 37.5 Å². The third-order valence-corrected chi connectivity index (χ3v) is 4.75. The number of likely N-dealkylation sites (tertiary alicyclic amines) is 1. The molecule has 25 heavy (non-hydrogen) atoms. The molecule has 3 rings (SSSR count). The summed E-state index contributed by atoms with van der Waals surface area (Å²) in [5, 5.41) is 14.9. The number of piperidine rings is 1. The van der Waals surface area contributed by atoms with Crippen LogP contribution in [0.5, 0.6) is 0 Å². The van der Waals surface area contributed by atoms with Gasteiger partial charge in [-0.05, 0) is 24.0 Å². The summed E-state index contributed by atoms with van der Waals surface area (Å²) in [6.45, 7) is 5.37. The molecule has 2 aromatic rings. The lowest BCUT2D eigenvalue weighted by Gasteiger charge is -2.42. The topological polar surface area (TPSA) is 107 Å². The van der Waals surface area contributed by atoms with Crippen molar-refractivity contribution < 1.29 is 9.72 Å². The molecule has 1 unspecified atom stereocenters. The van der Waals surface area contributed by atoms with E-state index in [4.69, 9.17) is 5.73 Å². The Balaban J connectivity index is 1.77. The molecule has 2 heterocycles. The number of carbonyl (C=O) groups excluding carboxylic acids is 1. The second kappa shape index (κ2) is 6.29. The first kappa shape index (κ1) is 17.1. The first-order valence-electron chi connectivity index (χ1n) is 8.12. The maximum Gasteiger partial charge on any atom is 0.269 e. The number of rotatable bonds is 3. The Hall–Kier alpha value is -2.74. The van der Waals surface area contributed by atoms with Crippen molar-refractivity contribution in [2.24, 2.45) is 11.1 Å². The van der Waals surface area contributed by atoms with Crippen LogP contribution >= 0.6 is 0 Å². The van der Waals surface area contributed by atoms with Gasteiger partial charge >= 0.3 is 0 Å². The van der Waals surface area contributed by atoms with Crippen molar-refractivity contribution in [3.63, 3.8) is 0 Å². The Morgan fingerprint density at radius 1 is 1.36 bits per heavy atom. The lowest BCUT2D eigenvalue weighted by atomic mass is 9.79. The molecular weight excluding hydrogens is 322 g/mol. The van der Waals surface area contributed by atoms with Crippen molar-refractivity contribution in [3.05, 3.63) is 52.3 Å². The normalized spacial score (nSPS) is 19.6. The highest BCUT2D eigenvalue weighted by molar-refractivity contribution is 5.94. The molecule has 1 amide bonds. The highest BCUT2D eigenvalue weighted by atomic mass is 16.6. The van der Waals surface area contributed by atoms with Gasteiger partial charge in [-0.15, -0.1) is 0 Å². The molecule has 8 nitrogen and oxygen atoms in total. The van der Waals surface area contributed by atoms with Crippen LogP contribution in [0.25, 0.3) is 5.69 Å². The van der Waals surface area contributed by atoms with E-state index in [1.165, 1.54) is 23.0 Å². The van der Waals surface area contributed by atoms with E-state index in [-0.39, 0.29) is 23.1 Å². The van der Waals surface area contributed by atoms with Crippen molar-refractivity contribution in [2.75, 3.05) is 13.1 Å². The number of carbonyl (C=O) groups is 1. The Morgan fingerprint density at radius 3 is 2.64 bits per heavy atom. The molecule has 1 fully saturated rings. The van der Waals surface area contributed by atoms with Gasteiger partial charge in [-0.2, -0.15) is 5.10 Å². The number of benzene rings is 1. The van der Waals surface area contributed by atoms with E-state index in [2.05, 4.69) is 18.9 Å². The Bertz CT molecular complexity index is 797. The molecule has 1 aromatic heterocycles. The summed E-state index contributed by atoms with van der Waals surface area (Å²) in [5.74, 6) is -0.0758. The summed E-state index contributed by atoms with van der Waals surface area (Å²) in [6, 6.07) is 6.10. The van der Waals surface area contributed by atoms with E-state index in [9.17, 15) is 14.9 Å². The summed E-state index contributed by atoms with van der Waals surface area (Å²) < 4.78 is 1.54. The zero-order valence-electron chi connectivity index (χ0n) is 14.3. The number of hydrogen-bond donors (Lipinski definition) is 1. The molecule has 1 aliphatic heterocycles. The minimum atomic E-state index is -0.454. The fourth-order valence-corrected chi connectivity index (χ4v) is 3.03. The summed E-state index contributed by atoms with van der Waals surface area (Å²) in [4.78, 5) is 24.8. The van der Waals surface area contributed by atoms with Crippen molar-refractivity contribution in [1.82, 2.24) is 14.7 Å². The molecular formula is C17H21N5O3. The van der Waals surface area contributed by atoms with Crippen molar-refractivity contribution in [3.8, 4) is 5.69 Å². The van der Waals surface area contributed by atoms with E-state index >= 15 is 0 Å².